The first-order chi connectivity index (χ1) is 12.1. The lowest BCUT2D eigenvalue weighted by Crippen LogP contribution is -2.21. The number of pyridine rings is 2. The van der Waals surface area contributed by atoms with Crippen molar-refractivity contribution in [3.8, 4) is 0 Å². The SMILES string of the molecule is CC(C)c1ccnc(S(C)=O)c1.COC(C)(C)c1cc(C(C)C)ccn1.O. The van der Waals surface area contributed by atoms with Crippen LogP contribution in [-0.2, 0) is 21.1 Å². The first-order valence-corrected chi connectivity index (χ1v) is 10.4. The summed E-state index contributed by atoms with van der Waals surface area (Å²) >= 11 is 0. The molecule has 0 bridgehead atoms. The Bertz CT molecular complexity index is 731. The molecule has 0 aliphatic rings. The van der Waals surface area contributed by atoms with Gasteiger partial charge >= 0.3 is 0 Å². The van der Waals surface area contributed by atoms with Gasteiger partial charge in [0.05, 0.1) is 16.5 Å². The van der Waals surface area contributed by atoms with E-state index in [9.17, 15) is 4.21 Å². The van der Waals surface area contributed by atoms with Crippen LogP contribution in [0.3, 0.4) is 0 Å². The molecule has 152 valence electrons. The van der Waals surface area contributed by atoms with Crippen molar-refractivity contribution in [2.75, 3.05) is 13.4 Å². The summed E-state index contributed by atoms with van der Waals surface area (Å²) in [6, 6.07) is 8.04. The van der Waals surface area contributed by atoms with Crippen LogP contribution in [-0.4, -0.2) is 33.0 Å². The number of nitrogens with zero attached hydrogens (tertiary/aromatic N) is 2. The minimum absolute atomic E-state index is 0. The van der Waals surface area contributed by atoms with Crippen LogP contribution < -0.4 is 0 Å². The fourth-order valence-electron chi connectivity index (χ4n) is 2.18. The highest BCUT2D eigenvalue weighted by molar-refractivity contribution is 7.84. The molecule has 27 heavy (non-hydrogen) atoms. The van der Waals surface area contributed by atoms with Gasteiger partial charge in [-0.25, -0.2) is 4.98 Å². The van der Waals surface area contributed by atoms with Crippen molar-refractivity contribution in [2.45, 2.75) is 64.0 Å². The molecule has 2 N–H and O–H groups in total. The summed E-state index contributed by atoms with van der Waals surface area (Å²) in [6.07, 6.45) is 5.21. The Kier molecular flexibility index (Phi) is 10.6. The third-order valence-electron chi connectivity index (χ3n) is 4.30. The van der Waals surface area contributed by atoms with Crippen molar-refractivity contribution in [3.05, 3.63) is 53.5 Å². The van der Waals surface area contributed by atoms with Crippen LogP contribution in [0.1, 0.15) is 70.2 Å². The number of hydrogen-bond acceptors (Lipinski definition) is 4. The lowest BCUT2D eigenvalue weighted by Gasteiger charge is -2.23. The molecule has 2 rings (SSSR count). The van der Waals surface area contributed by atoms with Crippen LogP contribution in [0.5, 0.6) is 0 Å². The summed E-state index contributed by atoms with van der Waals surface area (Å²) in [5, 5.41) is 0.668. The Morgan fingerprint density at radius 3 is 1.89 bits per heavy atom. The molecule has 0 saturated heterocycles. The molecule has 2 aromatic rings. The van der Waals surface area contributed by atoms with E-state index in [2.05, 4.69) is 49.8 Å². The first-order valence-electron chi connectivity index (χ1n) is 8.89. The molecule has 0 aromatic carbocycles. The number of hydrogen-bond donors (Lipinski definition) is 0. The molecule has 0 saturated carbocycles. The Morgan fingerprint density at radius 1 is 0.963 bits per heavy atom. The van der Waals surface area contributed by atoms with Crippen molar-refractivity contribution in [1.82, 2.24) is 9.97 Å². The predicted octanol–water partition coefficient (Wildman–Crippen LogP) is 4.20. The van der Waals surface area contributed by atoms with Gasteiger partial charge in [-0.1, -0.05) is 27.7 Å². The van der Waals surface area contributed by atoms with Gasteiger partial charge in [-0.3, -0.25) is 9.19 Å². The Balaban J connectivity index is 0.000000488. The summed E-state index contributed by atoms with van der Waals surface area (Å²) in [6.45, 7) is 12.6. The minimum atomic E-state index is -0.967. The van der Waals surface area contributed by atoms with Gasteiger partial charge in [0.1, 0.15) is 10.6 Å². The maximum absolute atomic E-state index is 11.1. The molecule has 0 radical (unpaired) electrons. The van der Waals surface area contributed by atoms with E-state index < -0.39 is 10.8 Å². The van der Waals surface area contributed by atoms with Gasteiger partial charge in [0.15, 0.2) is 0 Å². The summed E-state index contributed by atoms with van der Waals surface area (Å²) < 4.78 is 16.5. The van der Waals surface area contributed by atoms with Gasteiger partial charge in [-0.2, -0.15) is 0 Å². The molecular weight excluding hydrogens is 360 g/mol. The molecule has 0 amide bonds. The molecule has 5 nitrogen and oxygen atoms in total. The predicted molar refractivity (Wildman–Crippen MR) is 113 cm³/mol. The molecule has 2 aromatic heterocycles. The normalized spacial score (nSPS) is 12.2. The molecule has 0 aliphatic heterocycles. The van der Waals surface area contributed by atoms with Crippen molar-refractivity contribution >= 4 is 10.8 Å². The van der Waals surface area contributed by atoms with Crippen molar-refractivity contribution in [1.29, 1.82) is 0 Å². The van der Waals surface area contributed by atoms with E-state index >= 15 is 0 Å². The summed E-state index contributed by atoms with van der Waals surface area (Å²) in [5.74, 6) is 1.000. The summed E-state index contributed by atoms with van der Waals surface area (Å²) in [5.41, 5.74) is 3.19. The van der Waals surface area contributed by atoms with Crippen LogP contribution >= 0.6 is 0 Å². The Morgan fingerprint density at radius 2 is 1.44 bits per heavy atom. The van der Waals surface area contributed by atoms with Gasteiger partial charge in [0.2, 0.25) is 0 Å². The maximum atomic E-state index is 11.1. The quantitative estimate of drug-likeness (QED) is 0.760. The average molecular weight is 395 g/mol. The van der Waals surface area contributed by atoms with E-state index in [1.165, 1.54) is 11.1 Å². The van der Waals surface area contributed by atoms with Crippen molar-refractivity contribution < 1.29 is 14.4 Å². The van der Waals surface area contributed by atoms with Gasteiger partial charge in [-0.05, 0) is 61.1 Å². The Labute approximate surface area is 166 Å². The highest BCUT2D eigenvalue weighted by Crippen LogP contribution is 2.24. The van der Waals surface area contributed by atoms with Gasteiger partial charge < -0.3 is 10.2 Å². The molecule has 0 fully saturated rings. The standard InChI is InChI=1S/C12H19NO.C9H13NOS.H2O/c1-9(2)10-6-7-13-11(8-10)12(3,4)14-5;1-7(2)8-4-5-10-9(6-8)12(3)11;/h6-9H,1-5H3;4-7H,1-3H3;1H2. The van der Waals surface area contributed by atoms with Crippen LogP contribution in [0.2, 0.25) is 0 Å². The molecule has 2 heterocycles. The second-order valence-corrected chi connectivity index (χ2v) is 8.71. The largest absolute Gasteiger partial charge is 0.412 e. The molecular formula is C21H34N2O3S. The molecule has 0 aliphatic carbocycles. The van der Waals surface area contributed by atoms with Crippen molar-refractivity contribution in [2.24, 2.45) is 0 Å². The maximum Gasteiger partial charge on any atom is 0.127 e. The van der Waals surface area contributed by atoms with Gasteiger partial charge in [-0.15, -0.1) is 0 Å². The van der Waals surface area contributed by atoms with Crippen LogP contribution in [0.25, 0.3) is 0 Å². The number of aromatic nitrogens is 2. The summed E-state index contributed by atoms with van der Waals surface area (Å²) in [7, 11) is 0.745. The van der Waals surface area contributed by atoms with Crippen LogP contribution in [0.4, 0.5) is 0 Å². The van der Waals surface area contributed by atoms with E-state index in [0.717, 1.165) is 5.69 Å². The van der Waals surface area contributed by atoms with Gasteiger partial charge in [0, 0.05) is 25.8 Å². The second-order valence-electron chi connectivity index (χ2n) is 7.38. The zero-order valence-corrected chi connectivity index (χ0v) is 18.6. The van der Waals surface area contributed by atoms with Crippen molar-refractivity contribution in [3.63, 3.8) is 0 Å². The number of ether oxygens (including phenoxy) is 1. The van der Waals surface area contributed by atoms with E-state index in [1.807, 2.05) is 32.2 Å². The zero-order valence-electron chi connectivity index (χ0n) is 17.7. The molecule has 1 atom stereocenters. The Hall–Kier alpha value is -1.63. The number of rotatable bonds is 5. The highest BCUT2D eigenvalue weighted by atomic mass is 32.2. The van der Waals surface area contributed by atoms with E-state index in [1.54, 1.807) is 19.6 Å². The fourth-order valence-corrected chi connectivity index (χ4v) is 2.69. The van der Waals surface area contributed by atoms with Crippen LogP contribution in [0, 0.1) is 0 Å². The topological polar surface area (TPSA) is 83.6 Å². The van der Waals surface area contributed by atoms with Crippen LogP contribution in [0.15, 0.2) is 41.7 Å². The minimum Gasteiger partial charge on any atom is -0.412 e. The van der Waals surface area contributed by atoms with E-state index in [-0.39, 0.29) is 11.1 Å². The third-order valence-corrected chi connectivity index (χ3v) is 5.11. The highest BCUT2D eigenvalue weighted by Gasteiger charge is 2.21. The lowest BCUT2D eigenvalue weighted by atomic mass is 9.98. The summed E-state index contributed by atoms with van der Waals surface area (Å²) in [4.78, 5) is 8.36. The average Bonchev–Trinajstić information content (AvgIpc) is 2.62. The fraction of sp³-hybridized carbons (Fsp3) is 0.524. The molecule has 6 heteroatoms. The second kappa shape index (κ2) is 11.3. The van der Waals surface area contributed by atoms with Gasteiger partial charge in [0.25, 0.3) is 0 Å². The van der Waals surface area contributed by atoms with E-state index in [4.69, 9.17) is 4.74 Å². The molecule has 1 unspecified atom stereocenters. The molecule has 0 spiro atoms. The smallest absolute Gasteiger partial charge is 0.127 e. The lowest BCUT2D eigenvalue weighted by molar-refractivity contribution is 0.0154. The first kappa shape index (κ1) is 25.4. The monoisotopic (exact) mass is 394 g/mol. The zero-order chi connectivity index (χ0) is 19.9. The van der Waals surface area contributed by atoms with E-state index in [0.29, 0.717) is 16.9 Å². The number of methoxy groups -OCH3 is 1. The third kappa shape index (κ3) is 7.87.